The molecule has 0 atom stereocenters. The van der Waals surface area contributed by atoms with Gasteiger partial charge in [0.2, 0.25) is 10.0 Å². The van der Waals surface area contributed by atoms with Gasteiger partial charge in [0.1, 0.15) is 17.0 Å². The zero-order valence-corrected chi connectivity index (χ0v) is 21.2. The van der Waals surface area contributed by atoms with Gasteiger partial charge in [-0.25, -0.2) is 13.1 Å². The van der Waals surface area contributed by atoms with Gasteiger partial charge in [0.25, 0.3) is 5.91 Å². The fraction of sp³-hybridized carbons (Fsp3) is 0.385. The third-order valence-electron chi connectivity index (χ3n) is 6.48. The van der Waals surface area contributed by atoms with Crippen LogP contribution in [0.15, 0.2) is 59.6 Å². The second kappa shape index (κ2) is 8.20. The second-order valence-corrected chi connectivity index (χ2v) is 12.0. The number of hydrogen-bond acceptors (Lipinski definition) is 5. The molecule has 3 aromatic rings. The molecule has 2 aliphatic rings. The average Bonchev–Trinajstić information content (AvgIpc) is 3.21. The van der Waals surface area contributed by atoms with Gasteiger partial charge in [0, 0.05) is 62.8 Å². The van der Waals surface area contributed by atoms with Gasteiger partial charge in [-0.3, -0.25) is 9.48 Å². The summed E-state index contributed by atoms with van der Waals surface area (Å²) in [5.41, 5.74) is 2.34. The number of amides is 1. The van der Waals surface area contributed by atoms with Gasteiger partial charge in [-0.15, -0.1) is 0 Å². The molecule has 1 aromatic heterocycles. The number of para-hydroxylation sites is 1. The maximum atomic E-state index is 13.2. The van der Waals surface area contributed by atoms with Gasteiger partial charge in [0.15, 0.2) is 0 Å². The van der Waals surface area contributed by atoms with Crippen molar-refractivity contribution in [2.75, 3.05) is 13.1 Å². The molecular weight excluding hydrogens is 464 g/mol. The molecule has 186 valence electrons. The van der Waals surface area contributed by atoms with Crippen LogP contribution >= 0.6 is 0 Å². The maximum absolute atomic E-state index is 13.2. The van der Waals surface area contributed by atoms with E-state index >= 15 is 0 Å². The predicted octanol–water partition coefficient (Wildman–Crippen LogP) is 3.93. The molecular formula is C26H32N4O4S. The van der Waals surface area contributed by atoms with Crippen LogP contribution in [0.4, 0.5) is 0 Å². The number of carbonyl (C=O) groups excluding carboxylic acids is 1. The van der Waals surface area contributed by atoms with Crippen molar-refractivity contribution in [1.82, 2.24) is 19.4 Å². The molecule has 8 nitrogen and oxygen atoms in total. The van der Waals surface area contributed by atoms with Crippen molar-refractivity contribution in [3.05, 3.63) is 65.9 Å². The van der Waals surface area contributed by atoms with Crippen LogP contribution in [-0.4, -0.2) is 47.6 Å². The SMILES string of the molecule is Cn1cc2c(n1)-c1ccccc1OC21CCN(C(=O)c2ccc(S(=O)(=O)NC(C)(C)C)cc2)CC1.[HH]. The Balaban J connectivity index is 0.00000304. The quantitative estimate of drug-likeness (QED) is 0.593. The van der Waals surface area contributed by atoms with Crippen molar-refractivity contribution in [3.8, 4) is 17.0 Å². The Kier molecular flexibility index (Phi) is 5.52. The van der Waals surface area contributed by atoms with Crippen LogP contribution in [0.5, 0.6) is 5.75 Å². The number of nitrogens with one attached hydrogen (secondary N) is 1. The zero-order valence-electron chi connectivity index (χ0n) is 20.4. The summed E-state index contributed by atoms with van der Waals surface area (Å²) in [6, 6.07) is 14.1. The van der Waals surface area contributed by atoms with Crippen molar-refractivity contribution in [3.63, 3.8) is 0 Å². The largest absolute Gasteiger partial charge is 0.482 e. The number of nitrogens with zero attached hydrogens (tertiary/aromatic N) is 3. The molecule has 0 radical (unpaired) electrons. The minimum atomic E-state index is -3.65. The molecule has 1 saturated heterocycles. The number of benzene rings is 2. The first-order valence-electron chi connectivity index (χ1n) is 11.7. The van der Waals surface area contributed by atoms with Crippen LogP contribution in [0.2, 0.25) is 0 Å². The highest BCUT2D eigenvalue weighted by atomic mass is 32.2. The first-order chi connectivity index (χ1) is 16.5. The first-order valence-corrected chi connectivity index (χ1v) is 13.2. The molecule has 1 N–H and O–H groups in total. The van der Waals surface area contributed by atoms with Gasteiger partial charge < -0.3 is 9.64 Å². The van der Waals surface area contributed by atoms with Gasteiger partial charge in [0.05, 0.1) is 4.90 Å². The zero-order chi connectivity index (χ0) is 25.0. The molecule has 1 fully saturated rings. The lowest BCUT2D eigenvalue weighted by atomic mass is 9.81. The van der Waals surface area contributed by atoms with Gasteiger partial charge in [-0.05, 0) is 57.2 Å². The molecule has 1 spiro atoms. The van der Waals surface area contributed by atoms with Crippen LogP contribution in [0.1, 0.15) is 51.0 Å². The summed E-state index contributed by atoms with van der Waals surface area (Å²) < 4.78 is 36.1. The Labute approximate surface area is 207 Å². The lowest BCUT2D eigenvalue weighted by molar-refractivity contribution is -0.00167. The fourth-order valence-corrected chi connectivity index (χ4v) is 6.32. The van der Waals surface area contributed by atoms with Crippen LogP contribution < -0.4 is 9.46 Å². The van der Waals surface area contributed by atoms with Crippen LogP contribution in [0, 0.1) is 0 Å². The number of rotatable bonds is 3. The van der Waals surface area contributed by atoms with E-state index in [4.69, 9.17) is 9.84 Å². The van der Waals surface area contributed by atoms with Gasteiger partial charge in [-0.1, -0.05) is 12.1 Å². The highest BCUT2D eigenvalue weighted by Crippen LogP contribution is 2.48. The highest BCUT2D eigenvalue weighted by Gasteiger charge is 2.45. The van der Waals surface area contributed by atoms with E-state index in [0.29, 0.717) is 31.5 Å². The Hall–Kier alpha value is -3.17. The molecule has 0 unspecified atom stereocenters. The Bertz CT molecular complexity index is 1390. The molecule has 3 heterocycles. The van der Waals surface area contributed by atoms with E-state index in [1.54, 1.807) is 32.9 Å². The maximum Gasteiger partial charge on any atom is 0.253 e. The van der Waals surface area contributed by atoms with Crippen molar-refractivity contribution in [1.29, 1.82) is 0 Å². The van der Waals surface area contributed by atoms with E-state index in [9.17, 15) is 13.2 Å². The molecule has 35 heavy (non-hydrogen) atoms. The third-order valence-corrected chi connectivity index (χ3v) is 8.25. The number of carbonyl (C=O) groups is 1. The number of aryl methyl sites for hydroxylation is 1. The van der Waals surface area contributed by atoms with E-state index in [1.165, 1.54) is 12.1 Å². The number of fused-ring (bicyclic) bond motifs is 4. The fourth-order valence-electron chi connectivity index (χ4n) is 4.90. The Morgan fingerprint density at radius 2 is 1.74 bits per heavy atom. The molecule has 0 aliphatic carbocycles. The topological polar surface area (TPSA) is 93.5 Å². The van der Waals surface area contributed by atoms with Crippen molar-refractivity contribution >= 4 is 15.9 Å². The lowest BCUT2D eigenvalue weighted by Crippen LogP contribution is -2.49. The van der Waals surface area contributed by atoms with E-state index in [1.807, 2.05) is 47.1 Å². The normalized spacial score (nSPS) is 17.0. The van der Waals surface area contributed by atoms with Crippen molar-refractivity contribution in [2.45, 2.75) is 49.6 Å². The van der Waals surface area contributed by atoms with Crippen LogP contribution in [0.3, 0.4) is 0 Å². The number of sulfonamides is 1. The number of ether oxygens (including phenoxy) is 1. The number of piperidine rings is 1. The summed E-state index contributed by atoms with van der Waals surface area (Å²) in [5, 5.41) is 4.70. The summed E-state index contributed by atoms with van der Waals surface area (Å²) in [5.74, 6) is 0.703. The van der Waals surface area contributed by atoms with Crippen LogP contribution in [-0.2, 0) is 22.7 Å². The minimum absolute atomic E-state index is 0. The summed E-state index contributed by atoms with van der Waals surface area (Å²) in [6.45, 7) is 6.42. The van der Waals surface area contributed by atoms with E-state index < -0.39 is 21.2 Å². The predicted molar refractivity (Wildman–Crippen MR) is 135 cm³/mol. The molecule has 0 saturated carbocycles. The molecule has 2 aliphatic heterocycles. The summed E-state index contributed by atoms with van der Waals surface area (Å²) in [7, 11) is -1.74. The molecule has 5 rings (SSSR count). The summed E-state index contributed by atoms with van der Waals surface area (Å²) in [6.07, 6.45) is 3.31. The Morgan fingerprint density at radius 1 is 1.09 bits per heavy atom. The Morgan fingerprint density at radius 3 is 2.40 bits per heavy atom. The summed E-state index contributed by atoms with van der Waals surface area (Å²) in [4.78, 5) is 15.2. The van der Waals surface area contributed by atoms with Crippen LogP contribution in [0.25, 0.3) is 11.3 Å². The smallest absolute Gasteiger partial charge is 0.253 e. The van der Waals surface area contributed by atoms with E-state index in [2.05, 4.69) is 4.72 Å². The third kappa shape index (κ3) is 4.34. The van der Waals surface area contributed by atoms with E-state index in [-0.39, 0.29) is 12.2 Å². The van der Waals surface area contributed by atoms with Gasteiger partial charge >= 0.3 is 0 Å². The lowest BCUT2D eigenvalue weighted by Gasteiger charge is -2.44. The second-order valence-electron chi connectivity index (χ2n) is 10.3. The highest BCUT2D eigenvalue weighted by molar-refractivity contribution is 7.89. The standard InChI is InChI=1S/C26H30N4O4S.H2/c1-25(2,3)28-35(32,33)19-11-9-18(10-12-19)24(31)30-15-13-26(14-16-30)21-17-29(4)27-23(21)20-7-5-6-8-22(20)34-26;/h5-12,17,28H,13-16H2,1-4H3;1H. The summed E-state index contributed by atoms with van der Waals surface area (Å²) >= 11 is 0. The number of hydrogen-bond donors (Lipinski definition) is 1. The minimum Gasteiger partial charge on any atom is -0.482 e. The number of likely N-dealkylation sites (tertiary alicyclic amines) is 1. The number of aromatic nitrogens is 2. The van der Waals surface area contributed by atoms with Crippen molar-refractivity contribution in [2.24, 2.45) is 7.05 Å². The van der Waals surface area contributed by atoms with Gasteiger partial charge in [-0.2, -0.15) is 5.10 Å². The molecule has 1 amide bonds. The molecule has 0 bridgehead atoms. The molecule has 2 aromatic carbocycles. The van der Waals surface area contributed by atoms with Crippen molar-refractivity contribution < 1.29 is 19.4 Å². The molecule has 9 heteroatoms. The monoisotopic (exact) mass is 496 g/mol. The van der Waals surface area contributed by atoms with E-state index in [0.717, 1.165) is 22.6 Å². The average molecular weight is 497 g/mol. The first kappa shape index (κ1) is 23.6.